The molecule has 1 unspecified atom stereocenters. The molecule has 4 rings (SSSR count). The number of anilines is 1. The highest BCUT2D eigenvalue weighted by Crippen LogP contribution is 2.35. The Morgan fingerprint density at radius 2 is 1.95 bits per heavy atom. The van der Waals surface area contributed by atoms with Crippen LogP contribution >= 0.6 is 11.6 Å². The third-order valence-corrected chi connectivity index (χ3v) is 7.06. The number of para-hydroxylation sites is 1. The number of piperazine rings is 1. The number of carbonyl (C=O) groups is 2. The van der Waals surface area contributed by atoms with Gasteiger partial charge in [-0.1, -0.05) is 50.2 Å². The van der Waals surface area contributed by atoms with Gasteiger partial charge in [0.1, 0.15) is 23.3 Å². The van der Waals surface area contributed by atoms with Gasteiger partial charge < -0.3 is 15.1 Å². The van der Waals surface area contributed by atoms with E-state index in [1.165, 1.54) is 6.08 Å². The van der Waals surface area contributed by atoms with Crippen molar-refractivity contribution in [3.05, 3.63) is 89.0 Å². The Hall–Kier alpha value is -4.11. The van der Waals surface area contributed by atoms with Crippen LogP contribution < -0.4 is 5.32 Å². The van der Waals surface area contributed by atoms with Crippen LogP contribution in [0.25, 0.3) is 11.3 Å². The fraction of sp³-hybridized carbons (Fsp3) is 0.267. The molecule has 2 aromatic carbocycles. The lowest BCUT2D eigenvalue weighted by atomic mass is 10.0. The van der Waals surface area contributed by atoms with E-state index in [2.05, 4.69) is 30.7 Å². The van der Waals surface area contributed by atoms with Gasteiger partial charge in [-0.2, -0.15) is 0 Å². The molecule has 0 spiro atoms. The molecule has 2 heterocycles. The second kappa shape index (κ2) is 12.4. The van der Waals surface area contributed by atoms with Crippen molar-refractivity contribution in [1.29, 1.82) is 0 Å². The first-order chi connectivity index (χ1) is 19.1. The molecule has 0 saturated carbocycles. The number of nitrogens with one attached hydrogen (secondary N) is 1. The Balaban J connectivity index is 1.92. The summed E-state index contributed by atoms with van der Waals surface area (Å²) in [5, 5.41) is 2.64. The van der Waals surface area contributed by atoms with E-state index >= 15 is 0 Å². The maximum absolute atomic E-state index is 14.7. The lowest BCUT2D eigenvalue weighted by Gasteiger charge is -2.41. The number of rotatable bonds is 7. The molecule has 208 valence electrons. The van der Waals surface area contributed by atoms with Gasteiger partial charge in [-0.05, 0) is 54.8 Å². The molecule has 2 amide bonds. The molecule has 7 nitrogen and oxygen atoms in total. The van der Waals surface area contributed by atoms with Gasteiger partial charge in [0.15, 0.2) is 0 Å². The van der Waals surface area contributed by atoms with Crippen LogP contribution in [0.1, 0.15) is 37.8 Å². The van der Waals surface area contributed by atoms with E-state index in [1.807, 2.05) is 36.1 Å². The number of nitrogens with zero attached hydrogens (tertiary/aromatic N) is 4. The lowest BCUT2D eigenvalue weighted by molar-refractivity contribution is -0.128. The Labute approximate surface area is 237 Å². The number of aromatic nitrogens is 1. The SMILES string of the molecule is C=CC(=O)N1CCN(/C(=N/c2ccccc2C(C)C)c2cc(Cl)c(-c3cc(F)ccc3F)nc2NC=O)C(C)C1. The standard InChI is InChI=1S/C30H30ClF2N5O2/c1-5-27(40)37-12-13-38(19(4)16-37)30(35-26-9-7-6-8-21(26)18(2)3)23-15-24(31)28(36-29(23)34-17-39)22-14-20(32)10-11-25(22)33/h5-11,14-15,17-19H,1,12-13,16H2,2-4H3,(H,34,36,39)/b35-30+. The first kappa shape index (κ1) is 28.9. The van der Waals surface area contributed by atoms with Crippen molar-refractivity contribution in [2.24, 2.45) is 4.99 Å². The van der Waals surface area contributed by atoms with Crippen molar-refractivity contribution in [2.75, 3.05) is 25.0 Å². The van der Waals surface area contributed by atoms with Crippen molar-refractivity contribution < 1.29 is 18.4 Å². The van der Waals surface area contributed by atoms with Crippen LogP contribution in [-0.2, 0) is 9.59 Å². The average molecular weight is 566 g/mol. The van der Waals surface area contributed by atoms with Crippen molar-refractivity contribution >= 4 is 41.3 Å². The predicted octanol–water partition coefficient (Wildman–Crippen LogP) is 6.17. The van der Waals surface area contributed by atoms with E-state index in [4.69, 9.17) is 16.6 Å². The van der Waals surface area contributed by atoms with E-state index in [-0.39, 0.29) is 40.0 Å². The molecular formula is C30H30ClF2N5O2. The maximum Gasteiger partial charge on any atom is 0.246 e. The summed E-state index contributed by atoms with van der Waals surface area (Å²) >= 11 is 6.64. The van der Waals surface area contributed by atoms with Crippen molar-refractivity contribution in [3.8, 4) is 11.3 Å². The molecular weight excluding hydrogens is 536 g/mol. The van der Waals surface area contributed by atoms with Gasteiger partial charge in [-0.15, -0.1) is 0 Å². The summed E-state index contributed by atoms with van der Waals surface area (Å²) in [5.74, 6) is -0.807. The van der Waals surface area contributed by atoms with E-state index < -0.39 is 11.6 Å². The first-order valence-electron chi connectivity index (χ1n) is 12.9. The number of carbonyl (C=O) groups excluding carboxylic acids is 2. The predicted molar refractivity (Wildman–Crippen MR) is 154 cm³/mol. The molecule has 0 aliphatic carbocycles. The van der Waals surface area contributed by atoms with E-state index in [0.29, 0.717) is 37.4 Å². The Morgan fingerprint density at radius 3 is 2.62 bits per heavy atom. The molecule has 3 aromatic rings. The summed E-state index contributed by atoms with van der Waals surface area (Å²) in [4.78, 5) is 37.2. The summed E-state index contributed by atoms with van der Waals surface area (Å²) in [5.41, 5.74) is 1.96. The van der Waals surface area contributed by atoms with Crippen LogP contribution in [-0.4, -0.2) is 58.6 Å². The van der Waals surface area contributed by atoms with Crippen LogP contribution in [0, 0.1) is 11.6 Å². The van der Waals surface area contributed by atoms with Crippen LogP contribution in [0.2, 0.25) is 5.02 Å². The van der Waals surface area contributed by atoms with Gasteiger partial charge in [-0.25, -0.2) is 18.8 Å². The van der Waals surface area contributed by atoms with Crippen LogP contribution in [0.4, 0.5) is 20.3 Å². The summed E-state index contributed by atoms with van der Waals surface area (Å²) in [7, 11) is 0. The largest absolute Gasteiger partial charge is 0.350 e. The molecule has 0 bridgehead atoms. The van der Waals surface area contributed by atoms with Crippen LogP contribution in [0.3, 0.4) is 0 Å². The molecule has 1 atom stereocenters. The number of amidine groups is 1. The number of hydrogen-bond donors (Lipinski definition) is 1. The fourth-order valence-electron chi connectivity index (χ4n) is 4.77. The summed E-state index contributed by atoms with van der Waals surface area (Å²) in [6.07, 6.45) is 1.74. The zero-order valence-electron chi connectivity index (χ0n) is 22.5. The molecule has 1 saturated heterocycles. The highest BCUT2D eigenvalue weighted by molar-refractivity contribution is 6.33. The molecule has 1 aromatic heterocycles. The quantitative estimate of drug-likeness (QED) is 0.161. The average Bonchev–Trinajstić information content (AvgIpc) is 2.94. The maximum atomic E-state index is 14.7. The minimum Gasteiger partial charge on any atom is -0.350 e. The number of amides is 2. The number of hydrogen-bond acceptors (Lipinski definition) is 4. The van der Waals surface area contributed by atoms with Crippen molar-refractivity contribution in [1.82, 2.24) is 14.8 Å². The topological polar surface area (TPSA) is 77.9 Å². The Bertz CT molecular complexity index is 1480. The molecule has 10 heteroatoms. The highest BCUT2D eigenvalue weighted by Gasteiger charge is 2.31. The van der Waals surface area contributed by atoms with Gasteiger partial charge in [0.2, 0.25) is 12.3 Å². The summed E-state index contributed by atoms with van der Waals surface area (Å²) < 4.78 is 28.7. The second-order valence-electron chi connectivity index (χ2n) is 9.78. The number of pyridine rings is 1. The molecule has 0 radical (unpaired) electrons. The third kappa shape index (κ3) is 6.04. The number of benzene rings is 2. The number of aliphatic imine (C=N–C) groups is 1. The monoisotopic (exact) mass is 565 g/mol. The minimum absolute atomic E-state index is 0.0249. The van der Waals surface area contributed by atoms with E-state index in [9.17, 15) is 18.4 Å². The Kier molecular flexibility index (Phi) is 8.94. The third-order valence-electron chi connectivity index (χ3n) is 6.77. The molecule has 1 fully saturated rings. The van der Waals surface area contributed by atoms with Gasteiger partial charge in [-0.3, -0.25) is 9.59 Å². The van der Waals surface area contributed by atoms with Crippen molar-refractivity contribution in [2.45, 2.75) is 32.7 Å². The van der Waals surface area contributed by atoms with Gasteiger partial charge >= 0.3 is 0 Å². The summed E-state index contributed by atoms with van der Waals surface area (Å²) in [6.45, 7) is 11.0. The van der Waals surface area contributed by atoms with Crippen LogP contribution in [0.15, 0.2) is 66.2 Å². The van der Waals surface area contributed by atoms with Gasteiger partial charge in [0.25, 0.3) is 0 Å². The minimum atomic E-state index is -0.711. The van der Waals surface area contributed by atoms with Crippen LogP contribution in [0.5, 0.6) is 0 Å². The smallest absolute Gasteiger partial charge is 0.246 e. The normalized spacial score (nSPS) is 15.8. The second-order valence-corrected chi connectivity index (χ2v) is 10.2. The molecule has 1 aliphatic rings. The lowest BCUT2D eigenvalue weighted by Crippen LogP contribution is -2.55. The first-order valence-corrected chi connectivity index (χ1v) is 13.2. The van der Waals surface area contributed by atoms with Gasteiger partial charge in [0.05, 0.1) is 22.0 Å². The summed E-state index contributed by atoms with van der Waals surface area (Å²) in [6, 6.07) is 12.1. The zero-order valence-corrected chi connectivity index (χ0v) is 23.3. The fourth-order valence-corrected chi connectivity index (χ4v) is 5.02. The van der Waals surface area contributed by atoms with E-state index in [0.717, 1.165) is 29.4 Å². The molecule has 1 aliphatic heterocycles. The Morgan fingerprint density at radius 1 is 1.20 bits per heavy atom. The zero-order chi connectivity index (χ0) is 29.0. The highest BCUT2D eigenvalue weighted by atomic mass is 35.5. The van der Waals surface area contributed by atoms with E-state index in [1.54, 1.807) is 11.0 Å². The molecule has 1 N–H and O–H groups in total. The number of halogens is 3. The van der Waals surface area contributed by atoms with Crippen molar-refractivity contribution in [3.63, 3.8) is 0 Å². The molecule has 40 heavy (non-hydrogen) atoms. The van der Waals surface area contributed by atoms with Gasteiger partial charge in [0, 0.05) is 31.2 Å².